The highest BCUT2D eigenvalue weighted by Gasteiger charge is 2.49. The van der Waals surface area contributed by atoms with Crippen molar-refractivity contribution in [3.8, 4) is 22.6 Å². The fraction of sp³-hybridized carbons (Fsp3) is 0.345. The summed E-state index contributed by atoms with van der Waals surface area (Å²) in [6, 6.07) is 20.1. The molecular formula is C29H31FN2O4. The Balaban J connectivity index is 1.37. The van der Waals surface area contributed by atoms with Gasteiger partial charge in [0.05, 0.1) is 25.3 Å². The van der Waals surface area contributed by atoms with Crippen LogP contribution in [-0.4, -0.2) is 49.4 Å². The topological polar surface area (TPSA) is 51.2 Å². The fourth-order valence-electron chi connectivity index (χ4n) is 5.14. The standard InChI is InChI=1S/C29H31FN2O4/c1-3-34-25-16-21(17-26(35-4-2)27(25)22-10-12-23(30)13-11-22)18-31-15-14-29(19-31)20-32(28(33)36-29)24-8-6-5-7-9-24/h5-13,16-17H,3-4,14-15,18-20H2,1-2H3. The number of nitrogens with zero attached hydrogens (tertiary/aromatic N) is 2. The molecule has 1 atom stereocenters. The van der Waals surface area contributed by atoms with E-state index in [-0.39, 0.29) is 11.9 Å². The highest BCUT2D eigenvalue weighted by Crippen LogP contribution is 2.41. The molecule has 1 spiro atoms. The van der Waals surface area contributed by atoms with Gasteiger partial charge in [0.15, 0.2) is 0 Å². The summed E-state index contributed by atoms with van der Waals surface area (Å²) in [5.41, 5.74) is 3.07. The van der Waals surface area contributed by atoms with E-state index in [2.05, 4.69) is 4.90 Å². The lowest BCUT2D eigenvalue weighted by atomic mass is 10.0. The smallest absolute Gasteiger partial charge is 0.415 e. The lowest BCUT2D eigenvalue weighted by molar-refractivity contribution is 0.0629. The van der Waals surface area contributed by atoms with Crippen molar-refractivity contribution < 1.29 is 23.4 Å². The van der Waals surface area contributed by atoms with Crippen LogP contribution in [0.5, 0.6) is 11.5 Å². The van der Waals surface area contributed by atoms with Crippen LogP contribution in [0.2, 0.25) is 0 Å². The van der Waals surface area contributed by atoms with Gasteiger partial charge in [-0.05, 0) is 61.4 Å². The number of amides is 1. The van der Waals surface area contributed by atoms with Gasteiger partial charge >= 0.3 is 6.09 Å². The molecule has 0 bridgehead atoms. The van der Waals surface area contributed by atoms with Crippen LogP contribution >= 0.6 is 0 Å². The van der Waals surface area contributed by atoms with E-state index in [9.17, 15) is 9.18 Å². The minimum absolute atomic E-state index is 0.285. The van der Waals surface area contributed by atoms with Crippen LogP contribution in [0.4, 0.5) is 14.9 Å². The van der Waals surface area contributed by atoms with Gasteiger partial charge < -0.3 is 14.2 Å². The van der Waals surface area contributed by atoms with E-state index in [1.807, 2.05) is 56.3 Å². The van der Waals surface area contributed by atoms with Crippen molar-refractivity contribution in [3.05, 3.63) is 78.1 Å². The number of anilines is 1. The largest absolute Gasteiger partial charge is 0.493 e. The minimum atomic E-state index is -0.507. The summed E-state index contributed by atoms with van der Waals surface area (Å²) in [5, 5.41) is 0. The van der Waals surface area contributed by atoms with Crippen LogP contribution in [0.15, 0.2) is 66.7 Å². The van der Waals surface area contributed by atoms with E-state index in [1.165, 1.54) is 12.1 Å². The van der Waals surface area contributed by atoms with Crippen LogP contribution < -0.4 is 14.4 Å². The molecule has 2 fully saturated rings. The minimum Gasteiger partial charge on any atom is -0.493 e. The third-order valence-electron chi connectivity index (χ3n) is 6.70. The van der Waals surface area contributed by atoms with Crippen LogP contribution in [0.25, 0.3) is 11.1 Å². The molecule has 5 rings (SSSR count). The van der Waals surface area contributed by atoms with Gasteiger partial charge in [0, 0.05) is 31.7 Å². The summed E-state index contributed by atoms with van der Waals surface area (Å²) in [5.74, 6) is 1.13. The Bertz CT molecular complexity index is 1190. The van der Waals surface area contributed by atoms with E-state index < -0.39 is 5.60 Å². The van der Waals surface area contributed by atoms with Crippen molar-refractivity contribution >= 4 is 11.8 Å². The van der Waals surface area contributed by atoms with Gasteiger partial charge in [-0.1, -0.05) is 30.3 Å². The number of likely N-dealkylation sites (tertiary alicyclic amines) is 1. The molecule has 188 valence electrons. The van der Waals surface area contributed by atoms with Gasteiger partial charge in [-0.3, -0.25) is 9.80 Å². The Morgan fingerprint density at radius 3 is 2.25 bits per heavy atom. The van der Waals surface area contributed by atoms with Gasteiger partial charge in [0.2, 0.25) is 0 Å². The molecule has 2 heterocycles. The van der Waals surface area contributed by atoms with Gasteiger partial charge in [0.1, 0.15) is 22.9 Å². The maximum absolute atomic E-state index is 13.6. The van der Waals surface area contributed by atoms with Crippen LogP contribution in [0.1, 0.15) is 25.8 Å². The lowest BCUT2D eigenvalue weighted by Crippen LogP contribution is -2.37. The summed E-state index contributed by atoms with van der Waals surface area (Å²) in [7, 11) is 0. The highest BCUT2D eigenvalue weighted by molar-refractivity contribution is 5.90. The summed E-state index contributed by atoms with van der Waals surface area (Å²) in [4.78, 5) is 16.7. The maximum Gasteiger partial charge on any atom is 0.415 e. The van der Waals surface area contributed by atoms with E-state index in [0.29, 0.717) is 44.3 Å². The SMILES string of the molecule is CCOc1cc(CN2CCC3(C2)CN(c2ccccc2)C(=O)O3)cc(OCC)c1-c1ccc(F)cc1. The van der Waals surface area contributed by atoms with Crippen molar-refractivity contribution in [1.82, 2.24) is 4.90 Å². The first-order valence-electron chi connectivity index (χ1n) is 12.5. The molecule has 0 radical (unpaired) electrons. The number of halogens is 1. The molecular weight excluding hydrogens is 459 g/mol. The summed E-state index contributed by atoms with van der Waals surface area (Å²) in [6.45, 7) is 7.60. The first-order valence-corrected chi connectivity index (χ1v) is 12.5. The summed E-state index contributed by atoms with van der Waals surface area (Å²) >= 11 is 0. The molecule has 0 aromatic heterocycles. The van der Waals surface area contributed by atoms with Gasteiger partial charge in [-0.15, -0.1) is 0 Å². The Morgan fingerprint density at radius 1 is 0.944 bits per heavy atom. The number of hydrogen-bond donors (Lipinski definition) is 0. The van der Waals surface area contributed by atoms with E-state index in [1.54, 1.807) is 17.0 Å². The van der Waals surface area contributed by atoms with Crippen molar-refractivity contribution in [2.75, 3.05) is 37.7 Å². The first-order chi connectivity index (χ1) is 17.5. The molecule has 3 aromatic carbocycles. The second-order valence-electron chi connectivity index (χ2n) is 9.27. The normalized spacial score (nSPS) is 19.6. The zero-order valence-corrected chi connectivity index (χ0v) is 20.7. The van der Waals surface area contributed by atoms with Crippen molar-refractivity contribution in [2.24, 2.45) is 0 Å². The van der Waals surface area contributed by atoms with Crippen LogP contribution in [0.3, 0.4) is 0 Å². The molecule has 0 N–H and O–H groups in total. The summed E-state index contributed by atoms with van der Waals surface area (Å²) in [6.07, 6.45) is 0.496. The number of hydrogen-bond acceptors (Lipinski definition) is 5. The predicted molar refractivity (Wildman–Crippen MR) is 137 cm³/mol. The van der Waals surface area contributed by atoms with Crippen molar-refractivity contribution in [3.63, 3.8) is 0 Å². The summed E-state index contributed by atoms with van der Waals surface area (Å²) < 4.78 is 31.5. The third-order valence-corrected chi connectivity index (χ3v) is 6.70. The van der Waals surface area contributed by atoms with Crippen molar-refractivity contribution in [1.29, 1.82) is 0 Å². The Labute approximate surface area is 211 Å². The van der Waals surface area contributed by atoms with Crippen LogP contribution in [-0.2, 0) is 11.3 Å². The predicted octanol–water partition coefficient (Wildman–Crippen LogP) is 5.89. The second kappa shape index (κ2) is 10.2. The highest BCUT2D eigenvalue weighted by atomic mass is 19.1. The molecule has 2 aliphatic heterocycles. The van der Waals surface area contributed by atoms with E-state index in [4.69, 9.17) is 14.2 Å². The number of rotatable bonds is 8. The lowest BCUT2D eigenvalue weighted by Gasteiger charge is -2.23. The third kappa shape index (κ3) is 4.88. The maximum atomic E-state index is 13.6. The molecule has 2 saturated heterocycles. The van der Waals surface area contributed by atoms with Gasteiger partial charge in [-0.25, -0.2) is 9.18 Å². The monoisotopic (exact) mass is 490 g/mol. The zero-order valence-electron chi connectivity index (χ0n) is 20.7. The zero-order chi connectivity index (χ0) is 25.1. The van der Waals surface area contributed by atoms with Crippen LogP contribution in [0, 0.1) is 5.82 Å². The molecule has 0 aliphatic carbocycles. The Kier molecular flexibility index (Phi) is 6.83. The Morgan fingerprint density at radius 2 is 1.61 bits per heavy atom. The number of carbonyl (C=O) groups excluding carboxylic acids is 1. The quantitative estimate of drug-likeness (QED) is 0.394. The number of benzene rings is 3. The Hall–Kier alpha value is -3.58. The molecule has 1 amide bonds. The molecule has 3 aromatic rings. The molecule has 2 aliphatic rings. The van der Waals surface area contributed by atoms with E-state index in [0.717, 1.165) is 35.3 Å². The fourth-order valence-corrected chi connectivity index (χ4v) is 5.14. The second-order valence-corrected chi connectivity index (χ2v) is 9.27. The van der Waals surface area contributed by atoms with Gasteiger partial charge in [0.25, 0.3) is 0 Å². The first kappa shape index (κ1) is 24.1. The molecule has 7 heteroatoms. The molecule has 1 unspecified atom stereocenters. The molecule has 6 nitrogen and oxygen atoms in total. The average molecular weight is 491 g/mol. The van der Waals surface area contributed by atoms with Gasteiger partial charge in [-0.2, -0.15) is 0 Å². The number of carbonyl (C=O) groups is 1. The number of ether oxygens (including phenoxy) is 3. The van der Waals surface area contributed by atoms with E-state index >= 15 is 0 Å². The van der Waals surface area contributed by atoms with Crippen molar-refractivity contribution in [2.45, 2.75) is 32.4 Å². The molecule has 0 saturated carbocycles. The average Bonchev–Trinajstić information content (AvgIpc) is 3.42. The number of para-hydroxylation sites is 1. The molecule has 36 heavy (non-hydrogen) atoms.